The van der Waals surface area contributed by atoms with E-state index in [1.165, 1.54) is 18.1 Å². The van der Waals surface area contributed by atoms with Gasteiger partial charge in [0.1, 0.15) is 0 Å². The van der Waals surface area contributed by atoms with Crippen molar-refractivity contribution in [2.24, 2.45) is 11.7 Å². The third-order valence-electron chi connectivity index (χ3n) is 2.57. The van der Waals surface area contributed by atoms with Crippen LogP contribution < -0.4 is 5.73 Å². The van der Waals surface area contributed by atoms with Gasteiger partial charge in [-0.15, -0.1) is 0 Å². The molecule has 1 fully saturated rings. The number of hydrogen-bond acceptors (Lipinski definition) is 3. The van der Waals surface area contributed by atoms with Gasteiger partial charge in [0.15, 0.2) is 0 Å². The van der Waals surface area contributed by atoms with Crippen molar-refractivity contribution in [3.05, 3.63) is 0 Å². The first-order chi connectivity index (χ1) is 6.15. The Bertz CT molecular complexity index is 141. The molecule has 0 aromatic carbocycles. The Labute approximate surface area is 86.2 Å². The lowest BCUT2D eigenvalue weighted by Gasteiger charge is -2.41. The van der Waals surface area contributed by atoms with Crippen LogP contribution in [-0.4, -0.2) is 41.6 Å². The zero-order chi connectivity index (χ0) is 9.84. The van der Waals surface area contributed by atoms with E-state index in [-0.39, 0.29) is 0 Å². The molecule has 2 N–H and O–H groups in total. The van der Waals surface area contributed by atoms with E-state index in [1.54, 1.807) is 0 Å². The van der Waals surface area contributed by atoms with Gasteiger partial charge in [-0.25, -0.2) is 0 Å². The monoisotopic (exact) mass is 202 g/mol. The van der Waals surface area contributed by atoms with Crippen molar-refractivity contribution in [1.29, 1.82) is 0 Å². The molecule has 1 atom stereocenters. The van der Waals surface area contributed by atoms with Gasteiger partial charge in [-0.3, -0.25) is 4.90 Å². The van der Waals surface area contributed by atoms with Crippen LogP contribution in [0.15, 0.2) is 0 Å². The zero-order valence-corrected chi connectivity index (χ0v) is 9.81. The fraction of sp³-hybridized carbons (Fsp3) is 1.00. The van der Waals surface area contributed by atoms with Gasteiger partial charge in [-0.05, 0) is 12.8 Å². The summed E-state index contributed by atoms with van der Waals surface area (Å²) in [7, 11) is 0. The molecular formula is C10H22N2S. The van der Waals surface area contributed by atoms with Gasteiger partial charge in [0.2, 0.25) is 0 Å². The van der Waals surface area contributed by atoms with E-state index in [0.717, 1.165) is 18.5 Å². The molecule has 1 unspecified atom stereocenters. The fourth-order valence-corrected chi connectivity index (χ4v) is 2.49. The lowest BCUT2D eigenvalue weighted by Crippen LogP contribution is -2.52. The van der Waals surface area contributed by atoms with Crippen molar-refractivity contribution in [3.63, 3.8) is 0 Å². The third kappa shape index (κ3) is 3.15. The van der Waals surface area contributed by atoms with Gasteiger partial charge in [-0.2, -0.15) is 11.8 Å². The Kier molecular flexibility index (Phi) is 4.56. The first-order valence-electron chi connectivity index (χ1n) is 5.18. The quantitative estimate of drug-likeness (QED) is 0.731. The molecule has 0 bridgehead atoms. The summed E-state index contributed by atoms with van der Waals surface area (Å²) in [4.78, 5) is 2.58. The summed E-state index contributed by atoms with van der Waals surface area (Å²) in [5.41, 5.74) is 5.72. The van der Waals surface area contributed by atoms with E-state index < -0.39 is 0 Å². The standard InChI is InChI=1S/C10H22N2S/c1-8(2)5-12(9(3)4-11)10-6-13-7-10/h8-10H,4-7,11H2,1-3H3. The zero-order valence-electron chi connectivity index (χ0n) is 8.99. The third-order valence-corrected chi connectivity index (χ3v) is 3.81. The molecule has 0 radical (unpaired) electrons. The second-order valence-electron chi connectivity index (χ2n) is 4.37. The molecule has 13 heavy (non-hydrogen) atoms. The highest BCUT2D eigenvalue weighted by molar-refractivity contribution is 8.00. The molecule has 1 aliphatic rings. The van der Waals surface area contributed by atoms with Crippen LogP contribution in [0.5, 0.6) is 0 Å². The molecule has 0 aromatic rings. The summed E-state index contributed by atoms with van der Waals surface area (Å²) in [5, 5.41) is 0. The van der Waals surface area contributed by atoms with Gasteiger partial charge in [0.25, 0.3) is 0 Å². The maximum atomic E-state index is 5.72. The molecule has 1 saturated heterocycles. The van der Waals surface area contributed by atoms with Crippen molar-refractivity contribution in [2.75, 3.05) is 24.6 Å². The van der Waals surface area contributed by atoms with Crippen LogP contribution in [0.2, 0.25) is 0 Å². The van der Waals surface area contributed by atoms with Crippen molar-refractivity contribution in [2.45, 2.75) is 32.9 Å². The lowest BCUT2D eigenvalue weighted by atomic mass is 10.1. The van der Waals surface area contributed by atoms with Crippen LogP contribution in [-0.2, 0) is 0 Å². The summed E-state index contributed by atoms with van der Waals surface area (Å²) in [5.74, 6) is 3.35. The number of hydrogen-bond donors (Lipinski definition) is 1. The SMILES string of the molecule is CC(C)CN(C(C)CN)C1CSC1. The molecule has 0 spiro atoms. The van der Waals surface area contributed by atoms with E-state index in [0.29, 0.717) is 6.04 Å². The van der Waals surface area contributed by atoms with E-state index in [4.69, 9.17) is 5.73 Å². The summed E-state index contributed by atoms with van der Waals surface area (Å²) >= 11 is 2.05. The van der Waals surface area contributed by atoms with Crippen LogP contribution in [0.25, 0.3) is 0 Å². The Balaban J connectivity index is 2.42. The van der Waals surface area contributed by atoms with Crippen molar-refractivity contribution in [3.8, 4) is 0 Å². The second-order valence-corrected chi connectivity index (χ2v) is 5.44. The Morgan fingerprint density at radius 2 is 2.00 bits per heavy atom. The average Bonchev–Trinajstić information content (AvgIpc) is 1.98. The van der Waals surface area contributed by atoms with Gasteiger partial charge in [0.05, 0.1) is 0 Å². The number of nitrogens with two attached hydrogens (primary N) is 1. The van der Waals surface area contributed by atoms with Crippen molar-refractivity contribution >= 4 is 11.8 Å². The van der Waals surface area contributed by atoms with E-state index in [2.05, 4.69) is 25.7 Å². The van der Waals surface area contributed by atoms with Crippen LogP contribution in [0.1, 0.15) is 20.8 Å². The van der Waals surface area contributed by atoms with Gasteiger partial charge < -0.3 is 5.73 Å². The molecular weight excluding hydrogens is 180 g/mol. The molecule has 78 valence electrons. The molecule has 1 aliphatic heterocycles. The van der Waals surface area contributed by atoms with Gasteiger partial charge >= 0.3 is 0 Å². The van der Waals surface area contributed by atoms with Crippen LogP contribution in [0.4, 0.5) is 0 Å². The van der Waals surface area contributed by atoms with E-state index in [1.807, 2.05) is 11.8 Å². The highest BCUT2D eigenvalue weighted by Crippen LogP contribution is 2.25. The van der Waals surface area contributed by atoms with E-state index in [9.17, 15) is 0 Å². The Morgan fingerprint density at radius 3 is 2.31 bits per heavy atom. The first-order valence-corrected chi connectivity index (χ1v) is 6.34. The van der Waals surface area contributed by atoms with Crippen LogP contribution in [0.3, 0.4) is 0 Å². The predicted octanol–water partition coefficient (Wildman–Crippen LogP) is 1.41. The van der Waals surface area contributed by atoms with Gasteiger partial charge in [-0.1, -0.05) is 13.8 Å². The minimum absolute atomic E-state index is 0.549. The van der Waals surface area contributed by atoms with Crippen molar-refractivity contribution < 1.29 is 0 Å². The maximum absolute atomic E-state index is 5.72. The number of nitrogens with zero attached hydrogens (tertiary/aromatic N) is 1. The lowest BCUT2D eigenvalue weighted by molar-refractivity contribution is 0.148. The molecule has 1 rings (SSSR count). The van der Waals surface area contributed by atoms with Crippen molar-refractivity contribution in [1.82, 2.24) is 4.90 Å². The highest BCUT2D eigenvalue weighted by atomic mass is 32.2. The smallest absolute Gasteiger partial charge is 0.0280 e. The Hall–Kier alpha value is 0.270. The van der Waals surface area contributed by atoms with Crippen LogP contribution in [0, 0.1) is 5.92 Å². The fourth-order valence-electron chi connectivity index (χ4n) is 1.66. The van der Waals surface area contributed by atoms with E-state index >= 15 is 0 Å². The highest BCUT2D eigenvalue weighted by Gasteiger charge is 2.28. The maximum Gasteiger partial charge on any atom is 0.0280 e. The second kappa shape index (κ2) is 5.23. The molecule has 2 nitrogen and oxygen atoms in total. The molecule has 0 aliphatic carbocycles. The molecule has 1 heterocycles. The molecule has 0 aromatic heterocycles. The number of thioether (sulfide) groups is 1. The van der Waals surface area contributed by atoms with Gasteiger partial charge in [0, 0.05) is 36.7 Å². The topological polar surface area (TPSA) is 29.3 Å². The number of rotatable bonds is 5. The minimum atomic E-state index is 0.549. The summed E-state index contributed by atoms with van der Waals surface area (Å²) in [6.45, 7) is 8.78. The Morgan fingerprint density at radius 1 is 1.38 bits per heavy atom. The largest absolute Gasteiger partial charge is 0.329 e. The van der Waals surface area contributed by atoms with Crippen LogP contribution >= 0.6 is 11.8 Å². The predicted molar refractivity (Wildman–Crippen MR) is 61.2 cm³/mol. The summed E-state index contributed by atoms with van der Waals surface area (Å²) in [6, 6.07) is 1.35. The summed E-state index contributed by atoms with van der Waals surface area (Å²) < 4.78 is 0. The normalized spacial score (nSPS) is 20.8. The average molecular weight is 202 g/mol. The summed E-state index contributed by atoms with van der Waals surface area (Å²) in [6.07, 6.45) is 0. The minimum Gasteiger partial charge on any atom is -0.329 e. The molecule has 3 heteroatoms. The molecule has 0 saturated carbocycles. The molecule has 0 amide bonds. The first kappa shape index (κ1) is 11.3.